The number of nitrogens with one attached hydrogen (secondary N) is 1. The van der Waals surface area contributed by atoms with Crippen molar-refractivity contribution in [3.05, 3.63) is 16.1 Å². The highest BCUT2D eigenvalue weighted by molar-refractivity contribution is 7.11. The molecule has 2 N–H and O–H groups in total. The smallest absolute Gasteiger partial charge is 0.0959 e. The zero-order valence-electron chi connectivity index (χ0n) is 10.6. The van der Waals surface area contributed by atoms with Crippen LogP contribution in [0.3, 0.4) is 0 Å². The lowest BCUT2D eigenvalue weighted by molar-refractivity contribution is 0.207. The van der Waals surface area contributed by atoms with Crippen molar-refractivity contribution < 1.29 is 5.11 Å². The maximum Gasteiger partial charge on any atom is 0.0959 e. The number of hydrogen-bond donors (Lipinski definition) is 2. The molecular weight excluding hydrogens is 232 g/mol. The fourth-order valence-corrected chi connectivity index (χ4v) is 2.91. The van der Waals surface area contributed by atoms with Gasteiger partial charge in [0.05, 0.1) is 5.01 Å². The van der Waals surface area contributed by atoms with E-state index in [2.05, 4.69) is 24.1 Å². The lowest BCUT2D eigenvalue weighted by atomic mass is 9.86. The Hall–Kier alpha value is -0.450. The SMILES string of the molecule is CC(CO)C(C)NCc1cnc(C2CCC2)s1. The average Bonchev–Trinajstić information content (AvgIpc) is 2.71. The lowest BCUT2D eigenvalue weighted by Crippen LogP contribution is -2.33. The maximum atomic E-state index is 9.07. The molecule has 2 atom stereocenters. The number of aliphatic hydroxyl groups excluding tert-OH is 1. The van der Waals surface area contributed by atoms with Crippen molar-refractivity contribution in [1.29, 1.82) is 0 Å². The molecule has 1 aliphatic rings. The third-order valence-corrected chi connectivity index (χ3v) is 4.93. The summed E-state index contributed by atoms with van der Waals surface area (Å²) in [5, 5.41) is 13.8. The highest BCUT2D eigenvalue weighted by atomic mass is 32.1. The molecule has 1 saturated carbocycles. The predicted molar refractivity (Wildman–Crippen MR) is 71.3 cm³/mol. The van der Waals surface area contributed by atoms with Crippen molar-refractivity contribution in [3.63, 3.8) is 0 Å². The number of nitrogens with zero attached hydrogens (tertiary/aromatic N) is 1. The summed E-state index contributed by atoms with van der Waals surface area (Å²) in [5.74, 6) is 1.04. The first-order chi connectivity index (χ1) is 8.20. The summed E-state index contributed by atoms with van der Waals surface area (Å²) in [7, 11) is 0. The summed E-state index contributed by atoms with van der Waals surface area (Å²) in [6.07, 6.45) is 6.00. The highest BCUT2D eigenvalue weighted by Crippen LogP contribution is 2.38. The molecule has 0 amide bonds. The van der Waals surface area contributed by atoms with E-state index in [0.29, 0.717) is 12.0 Å². The van der Waals surface area contributed by atoms with Crippen LogP contribution in [0, 0.1) is 5.92 Å². The summed E-state index contributed by atoms with van der Waals surface area (Å²) in [6.45, 7) is 5.29. The molecule has 1 fully saturated rings. The van der Waals surface area contributed by atoms with Gasteiger partial charge in [0.1, 0.15) is 0 Å². The number of thiazole rings is 1. The van der Waals surface area contributed by atoms with E-state index >= 15 is 0 Å². The average molecular weight is 254 g/mol. The second-order valence-electron chi connectivity index (χ2n) is 5.12. The summed E-state index contributed by atoms with van der Waals surface area (Å²) in [4.78, 5) is 5.82. The van der Waals surface area contributed by atoms with Crippen molar-refractivity contribution in [2.45, 2.75) is 51.6 Å². The molecule has 0 bridgehead atoms. The Balaban J connectivity index is 1.80. The Labute approximate surface area is 107 Å². The molecule has 1 aromatic rings. The van der Waals surface area contributed by atoms with Crippen LogP contribution in [0.4, 0.5) is 0 Å². The molecule has 2 rings (SSSR count). The van der Waals surface area contributed by atoms with Crippen LogP contribution in [-0.2, 0) is 6.54 Å². The molecule has 17 heavy (non-hydrogen) atoms. The monoisotopic (exact) mass is 254 g/mol. The number of hydrogen-bond acceptors (Lipinski definition) is 4. The van der Waals surface area contributed by atoms with Gasteiger partial charge in [0.15, 0.2) is 0 Å². The van der Waals surface area contributed by atoms with E-state index in [1.165, 1.54) is 29.1 Å². The Bertz CT molecular complexity index is 349. The third kappa shape index (κ3) is 3.27. The normalized spacial score (nSPS) is 19.9. The molecule has 0 spiro atoms. The van der Waals surface area contributed by atoms with Crippen LogP contribution in [0.5, 0.6) is 0 Å². The van der Waals surface area contributed by atoms with Crippen LogP contribution in [0.2, 0.25) is 0 Å². The minimum atomic E-state index is 0.240. The standard InChI is InChI=1S/C13H22N2OS/c1-9(8-16)10(2)14-6-12-7-15-13(17-12)11-4-3-5-11/h7,9-11,14,16H,3-6,8H2,1-2H3. The summed E-state index contributed by atoms with van der Waals surface area (Å²) >= 11 is 1.84. The highest BCUT2D eigenvalue weighted by Gasteiger charge is 2.22. The van der Waals surface area contributed by atoms with E-state index in [-0.39, 0.29) is 6.61 Å². The molecule has 96 valence electrons. The third-order valence-electron chi connectivity index (χ3n) is 3.77. The summed E-state index contributed by atoms with van der Waals surface area (Å²) < 4.78 is 0. The molecule has 2 unspecified atom stereocenters. The van der Waals surface area contributed by atoms with Crippen LogP contribution in [0.1, 0.15) is 48.9 Å². The zero-order valence-corrected chi connectivity index (χ0v) is 11.5. The van der Waals surface area contributed by atoms with Gasteiger partial charge in [0.2, 0.25) is 0 Å². The van der Waals surface area contributed by atoms with Crippen LogP contribution in [0.25, 0.3) is 0 Å². The quantitative estimate of drug-likeness (QED) is 0.820. The van der Waals surface area contributed by atoms with E-state index < -0.39 is 0 Å². The van der Waals surface area contributed by atoms with Gasteiger partial charge in [-0.2, -0.15) is 0 Å². The zero-order chi connectivity index (χ0) is 12.3. The van der Waals surface area contributed by atoms with Crippen molar-refractivity contribution in [1.82, 2.24) is 10.3 Å². The van der Waals surface area contributed by atoms with Gasteiger partial charge in [-0.15, -0.1) is 11.3 Å². The van der Waals surface area contributed by atoms with Crippen molar-refractivity contribution in [2.75, 3.05) is 6.61 Å². The summed E-state index contributed by atoms with van der Waals surface area (Å²) in [6, 6.07) is 0.342. The molecule has 1 aromatic heterocycles. The molecule has 0 saturated heterocycles. The van der Waals surface area contributed by atoms with Gasteiger partial charge in [-0.3, -0.25) is 0 Å². The molecular formula is C13H22N2OS. The fourth-order valence-electron chi connectivity index (χ4n) is 1.87. The van der Waals surface area contributed by atoms with Crippen LogP contribution < -0.4 is 5.32 Å². The largest absolute Gasteiger partial charge is 0.396 e. The molecule has 4 heteroatoms. The second-order valence-corrected chi connectivity index (χ2v) is 6.27. The van der Waals surface area contributed by atoms with E-state index in [4.69, 9.17) is 5.11 Å². The van der Waals surface area contributed by atoms with Gasteiger partial charge < -0.3 is 10.4 Å². The van der Waals surface area contributed by atoms with E-state index in [1.807, 2.05) is 17.5 Å². The number of aliphatic hydroxyl groups is 1. The van der Waals surface area contributed by atoms with Gasteiger partial charge in [-0.25, -0.2) is 4.98 Å². The molecule has 0 aliphatic heterocycles. The van der Waals surface area contributed by atoms with Gasteiger partial charge in [0.25, 0.3) is 0 Å². The molecule has 0 radical (unpaired) electrons. The molecule has 3 nitrogen and oxygen atoms in total. The fraction of sp³-hybridized carbons (Fsp3) is 0.769. The Morgan fingerprint density at radius 1 is 1.53 bits per heavy atom. The Morgan fingerprint density at radius 2 is 2.29 bits per heavy atom. The van der Waals surface area contributed by atoms with Gasteiger partial charge >= 0.3 is 0 Å². The predicted octanol–water partition coefficient (Wildman–Crippen LogP) is 2.52. The van der Waals surface area contributed by atoms with Gasteiger partial charge in [-0.05, 0) is 25.7 Å². The second kappa shape index (κ2) is 5.94. The topological polar surface area (TPSA) is 45.1 Å². The minimum absolute atomic E-state index is 0.240. The van der Waals surface area contributed by atoms with E-state index in [9.17, 15) is 0 Å². The minimum Gasteiger partial charge on any atom is -0.396 e. The molecule has 1 aliphatic carbocycles. The molecule has 1 heterocycles. The van der Waals surface area contributed by atoms with Crippen LogP contribution in [0.15, 0.2) is 6.20 Å². The first-order valence-corrected chi connectivity index (χ1v) is 7.31. The van der Waals surface area contributed by atoms with Crippen LogP contribution in [-0.4, -0.2) is 22.7 Å². The maximum absolute atomic E-state index is 9.07. The van der Waals surface area contributed by atoms with Crippen molar-refractivity contribution in [2.24, 2.45) is 5.92 Å². The summed E-state index contributed by atoms with van der Waals surface area (Å²) in [5.41, 5.74) is 0. The molecule has 0 aromatic carbocycles. The van der Waals surface area contributed by atoms with Crippen molar-refractivity contribution >= 4 is 11.3 Å². The Morgan fingerprint density at radius 3 is 2.88 bits per heavy atom. The van der Waals surface area contributed by atoms with Gasteiger partial charge in [0, 0.05) is 36.2 Å². The van der Waals surface area contributed by atoms with E-state index in [0.717, 1.165) is 12.5 Å². The van der Waals surface area contributed by atoms with E-state index in [1.54, 1.807) is 0 Å². The Kier molecular flexibility index (Phi) is 4.54. The first kappa shape index (κ1) is 13.0. The first-order valence-electron chi connectivity index (χ1n) is 6.49. The number of rotatable bonds is 6. The number of aromatic nitrogens is 1. The lowest BCUT2D eigenvalue weighted by Gasteiger charge is -2.22. The van der Waals surface area contributed by atoms with Crippen LogP contribution >= 0.6 is 11.3 Å². The van der Waals surface area contributed by atoms with Crippen molar-refractivity contribution in [3.8, 4) is 0 Å². The van der Waals surface area contributed by atoms with Gasteiger partial charge in [-0.1, -0.05) is 13.3 Å².